The largest absolute Gasteiger partial charge is 0.368 e. The van der Waals surface area contributed by atoms with E-state index in [0.717, 1.165) is 5.69 Å². The molecule has 1 aromatic heterocycles. The summed E-state index contributed by atoms with van der Waals surface area (Å²) in [5.41, 5.74) is 0.771. The minimum Gasteiger partial charge on any atom is -0.368 e. The fourth-order valence-electron chi connectivity index (χ4n) is 1.86. The van der Waals surface area contributed by atoms with Gasteiger partial charge in [0.05, 0.1) is 5.69 Å². The van der Waals surface area contributed by atoms with Crippen LogP contribution in [0.25, 0.3) is 0 Å². The van der Waals surface area contributed by atoms with Crippen molar-refractivity contribution in [1.29, 1.82) is 0 Å². The number of hydrogen-bond acceptors (Lipinski definition) is 2. The second-order valence-corrected chi connectivity index (χ2v) is 3.80. The van der Waals surface area contributed by atoms with Crippen molar-refractivity contribution in [2.24, 2.45) is 0 Å². The molecule has 0 spiro atoms. The Kier molecular flexibility index (Phi) is 2.17. The van der Waals surface area contributed by atoms with E-state index in [1.165, 1.54) is 4.68 Å². The molecule has 3 nitrogen and oxygen atoms in total. The lowest BCUT2D eigenvalue weighted by molar-refractivity contribution is 0.0667. The maximum Gasteiger partial charge on any atom is 0.260 e. The van der Waals surface area contributed by atoms with Crippen molar-refractivity contribution in [3.8, 4) is 0 Å². The topological polar surface area (TPSA) is 29.9 Å². The van der Waals surface area contributed by atoms with E-state index in [0.29, 0.717) is 12.2 Å². The number of fused-ring (bicyclic) bond motifs is 1. The van der Waals surface area contributed by atoms with Gasteiger partial charge in [0, 0.05) is 12.1 Å². The van der Waals surface area contributed by atoms with E-state index in [4.69, 9.17) is 0 Å². The first kappa shape index (κ1) is 9.43. The molecule has 2 rings (SSSR count). The van der Waals surface area contributed by atoms with E-state index in [9.17, 15) is 8.78 Å². The summed E-state index contributed by atoms with van der Waals surface area (Å²) in [7, 11) is 0. The van der Waals surface area contributed by atoms with Gasteiger partial charge in [-0.15, -0.1) is 0 Å². The van der Waals surface area contributed by atoms with Gasteiger partial charge in [-0.25, -0.2) is 13.5 Å². The van der Waals surface area contributed by atoms with E-state index in [2.05, 4.69) is 10.4 Å². The molecule has 0 fully saturated rings. The van der Waals surface area contributed by atoms with Crippen LogP contribution in [0.15, 0.2) is 6.07 Å². The Labute approximate surface area is 81.1 Å². The molecule has 0 aliphatic carbocycles. The molecule has 0 bridgehead atoms. The van der Waals surface area contributed by atoms with Crippen LogP contribution >= 0.6 is 0 Å². The summed E-state index contributed by atoms with van der Waals surface area (Å²) in [4.78, 5) is 0. The zero-order valence-electron chi connectivity index (χ0n) is 8.17. The van der Waals surface area contributed by atoms with Crippen LogP contribution in [0.2, 0.25) is 0 Å². The third-order valence-electron chi connectivity index (χ3n) is 2.45. The normalized spacial score (nSPS) is 26.1. The zero-order chi connectivity index (χ0) is 10.3. The minimum absolute atomic E-state index is 0.0811. The van der Waals surface area contributed by atoms with Crippen molar-refractivity contribution in [3.63, 3.8) is 0 Å². The summed E-state index contributed by atoms with van der Waals surface area (Å²) in [5, 5.41) is 7.20. The number of anilines is 1. The summed E-state index contributed by atoms with van der Waals surface area (Å²) in [5.74, 6) is 0.701. The van der Waals surface area contributed by atoms with Crippen molar-refractivity contribution >= 4 is 5.82 Å². The Hall–Kier alpha value is -1.13. The van der Waals surface area contributed by atoms with Gasteiger partial charge in [-0.2, -0.15) is 5.10 Å². The van der Waals surface area contributed by atoms with Crippen LogP contribution in [0, 0.1) is 6.92 Å². The number of aromatic nitrogens is 2. The molecule has 1 aliphatic rings. The second kappa shape index (κ2) is 3.22. The fourth-order valence-corrected chi connectivity index (χ4v) is 1.86. The van der Waals surface area contributed by atoms with Gasteiger partial charge in [-0.05, 0) is 20.3 Å². The van der Waals surface area contributed by atoms with Crippen molar-refractivity contribution in [1.82, 2.24) is 9.78 Å². The van der Waals surface area contributed by atoms with Gasteiger partial charge < -0.3 is 5.32 Å². The van der Waals surface area contributed by atoms with E-state index in [-0.39, 0.29) is 6.04 Å². The van der Waals surface area contributed by atoms with Gasteiger partial charge in [-0.1, -0.05) is 0 Å². The highest BCUT2D eigenvalue weighted by molar-refractivity contribution is 5.40. The first-order chi connectivity index (χ1) is 6.58. The number of nitrogens with zero attached hydrogens (tertiary/aromatic N) is 2. The number of hydrogen-bond donors (Lipinski definition) is 1. The highest BCUT2D eigenvalue weighted by atomic mass is 19.3. The quantitative estimate of drug-likeness (QED) is 0.754. The molecule has 1 aliphatic heterocycles. The summed E-state index contributed by atoms with van der Waals surface area (Å²) in [6, 6.07) is 1.10. The Morgan fingerprint density at radius 1 is 1.64 bits per heavy atom. The van der Waals surface area contributed by atoms with Crippen LogP contribution in [0.5, 0.6) is 0 Å². The predicted octanol–water partition coefficient (Wildman–Crippen LogP) is 2.20. The average molecular weight is 201 g/mol. The molecule has 0 radical (unpaired) electrons. The Morgan fingerprint density at radius 2 is 2.36 bits per heavy atom. The Morgan fingerprint density at radius 3 is 3.00 bits per heavy atom. The lowest BCUT2D eigenvalue weighted by atomic mass is 10.1. The van der Waals surface area contributed by atoms with Gasteiger partial charge in [0.15, 0.2) is 0 Å². The second-order valence-electron chi connectivity index (χ2n) is 3.80. The lowest BCUT2D eigenvalue weighted by Gasteiger charge is -2.29. The van der Waals surface area contributed by atoms with Gasteiger partial charge in [0.1, 0.15) is 11.9 Å². The molecule has 5 heteroatoms. The van der Waals surface area contributed by atoms with Crippen molar-refractivity contribution in [2.45, 2.75) is 38.8 Å². The molecule has 78 valence electrons. The van der Waals surface area contributed by atoms with E-state index in [1.54, 1.807) is 13.0 Å². The van der Waals surface area contributed by atoms with Gasteiger partial charge >= 0.3 is 0 Å². The third-order valence-corrected chi connectivity index (χ3v) is 2.45. The number of nitrogens with one attached hydrogen (secondary N) is 1. The van der Waals surface area contributed by atoms with Crippen molar-refractivity contribution in [2.75, 3.05) is 5.32 Å². The minimum atomic E-state index is -2.35. The van der Waals surface area contributed by atoms with Gasteiger partial charge in [0.2, 0.25) is 0 Å². The van der Waals surface area contributed by atoms with Crippen LogP contribution in [0.4, 0.5) is 14.6 Å². The smallest absolute Gasteiger partial charge is 0.260 e. The lowest BCUT2D eigenvalue weighted by Crippen LogP contribution is -2.33. The summed E-state index contributed by atoms with van der Waals surface area (Å²) in [6.07, 6.45) is -1.93. The van der Waals surface area contributed by atoms with E-state index >= 15 is 0 Å². The molecule has 2 atom stereocenters. The van der Waals surface area contributed by atoms with Crippen LogP contribution in [0.1, 0.15) is 25.1 Å². The summed E-state index contributed by atoms with van der Waals surface area (Å²) >= 11 is 0. The molecule has 2 heterocycles. The maximum atomic E-state index is 12.7. The predicted molar refractivity (Wildman–Crippen MR) is 49.7 cm³/mol. The zero-order valence-corrected chi connectivity index (χ0v) is 8.17. The third kappa shape index (κ3) is 1.47. The highest BCUT2D eigenvalue weighted by Crippen LogP contribution is 2.31. The standard InChI is InChI=1S/C9H13F2N3/c1-5-3-7(9(10)11)14-8(12-5)4-6(2)13-14/h4-5,7,9,12H,3H2,1-2H3/t5-,7-/m0/s1. The average Bonchev–Trinajstić information content (AvgIpc) is 2.42. The van der Waals surface area contributed by atoms with E-state index in [1.807, 2.05) is 6.92 Å². The van der Waals surface area contributed by atoms with Crippen molar-refractivity contribution < 1.29 is 8.78 Å². The fraction of sp³-hybridized carbons (Fsp3) is 0.667. The maximum absolute atomic E-state index is 12.7. The highest BCUT2D eigenvalue weighted by Gasteiger charge is 2.31. The molecule has 0 unspecified atom stereocenters. The van der Waals surface area contributed by atoms with Crippen LogP contribution in [0.3, 0.4) is 0 Å². The van der Waals surface area contributed by atoms with Crippen LogP contribution < -0.4 is 5.32 Å². The summed E-state index contributed by atoms with van der Waals surface area (Å²) in [6.45, 7) is 3.71. The molecule has 1 N–H and O–H groups in total. The molecular weight excluding hydrogens is 188 g/mol. The first-order valence-corrected chi connectivity index (χ1v) is 4.69. The van der Waals surface area contributed by atoms with Gasteiger partial charge in [-0.3, -0.25) is 0 Å². The molecule has 0 saturated carbocycles. The molecule has 14 heavy (non-hydrogen) atoms. The molecule has 0 amide bonds. The molecular formula is C9H13F2N3. The van der Waals surface area contributed by atoms with Crippen LogP contribution in [-0.2, 0) is 0 Å². The molecule has 0 saturated heterocycles. The van der Waals surface area contributed by atoms with E-state index < -0.39 is 12.5 Å². The van der Waals surface area contributed by atoms with Crippen LogP contribution in [-0.4, -0.2) is 22.2 Å². The summed E-state index contributed by atoms with van der Waals surface area (Å²) < 4.78 is 26.8. The monoisotopic (exact) mass is 201 g/mol. The number of halogens is 2. The molecule has 0 aromatic carbocycles. The first-order valence-electron chi connectivity index (χ1n) is 4.69. The Balaban J connectivity index is 2.37. The number of rotatable bonds is 1. The van der Waals surface area contributed by atoms with Gasteiger partial charge in [0.25, 0.3) is 6.43 Å². The van der Waals surface area contributed by atoms with Crippen molar-refractivity contribution in [3.05, 3.63) is 11.8 Å². The number of aryl methyl sites for hydroxylation is 1. The Bertz CT molecular complexity index is 335. The number of alkyl halides is 2. The SMILES string of the molecule is Cc1cc2n(n1)[C@H](C(F)F)C[C@H](C)N2. The molecule has 1 aromatic rings.